The highest BCUT2D eigenvalue weighted by molar-refractivity contribution is 6.17. The molecule has 0 spiro atoms. The number of hydrogen-bond donors (Lipinski definition) is 1. The van der Waals surface area contributed by atoms with Crippen molar-refractivity contribution >= 4 is 11.6 Å². The van der Waals surface area contributed by atoms with Gasteiger partial charge < -0.3 is 10.3 Å². The molecule has 0 saturated carbocycles. The molecule has 1 atom stereocenters. The van der Waals surface area contributed by atoms with Crippen molar-refractivity contribution in [1.29, 1.82) is 0 Å². The zero-order valence-corrected chi connectivity index (χ0v) is 15.3. The summed E-state index contributed by atoms with van der Waals surface area (Å²) in [7, 11) is 0. The van der Waals surface area contributed by atoms with E-state index in [1.165, 1.54) is 12.1 Å². The number of primary amides is 1. The number of carbonyl (C=O) groups is 1. The number of carbonyl (C=O) groups excluding carboxylic acids is 1. The lowest BCUT2D eigenvalue weighted by Crippen LogP contribution is -2.15. The molecule has 0 unspecified atom stereocenters. The Kier molecular flexibility index (Phi) is 4.49. The number of rotatable bonds is 3. The Balaban J connectivity index is 1.93. The Labute approximate surface area is 164 Å². The molecule has 1 aliphatic rings. The minimum Gasteiger partial charge on any atom is -0.370 e. The van der Waals surface area contributed by atoms with Gasteiger partial charge in [0.1, 0.15) is 6.04 Å². The van der Waals surface area contributed by atoms with Crippen LogP contribution in [0.4, 0.5) is 13.2 Å². The topological polar surface area (TPSA) is 81.5 Å². The quantitative estimate of drug-likeness (QED) is 0.707. The Morgan fingerprint density at radius 2 is 1.76 bits per heavy atom. The number of alkyl halides is 3. The summed E-state index contributed by atoms with van der Waals surface area (Å²) in [6.45, 7) is 1.78. The molecular weight excluding hydrogens is 383 g/mol. The Hall–Kier alpha value is -3.42. The molecule has 1 aliphatic heterocycles. The highest BCUT2D eigenvalue weighted by Gasteiger charge is 2.32. The normalized spacial score (nSPS) is 15.9. The number of halogens is 3. The van der Waals surface area contributed by atoms with Crippen molar-refractivity contribution in [3.8, 4) is 11.1 Å². The summed E-state index contributed by atoms with van der Waals surface area (Å²) in [5.74, 6) is -0.160. The maximum Gasteiger partial charge on any atom is 0.416 e. The van der Waals surface area contributed by atoms with E-state index in [2.05, 4.69) is 10.1 Å². The van der Waals surface area contributed by atoms with Gasteiger partial charge in [-0.2, -0.15) is 13.2 Å². The van der Waals surface area contributed by atoms with Crippen molar-refractivity contribution < 1.29 is 22.5 Å². The largest absolute Gasteiger partial charge is 0.416 e. The van der Waals surface area contributed by atoms with Crippen molar-refractivity contribution in [1.82, 2.24) is 5.16 Å². The zero-order valence-electron chi connectivity index (χ0n) is 15.3. The van der Waals surface area contributed by atoms with Crippen molar-refractivity contribution in [3.05, 3.63) is 76.7 Å². The van der Waals surface area contributed by atoms with Gasteiger partial charge in [0.25, 0.3) is 0 Å². The molecule has 4 rings (SSSR count). The summed E-state index contributed by atoms with van der Waals surface area (Å²) in [5, 5.41) is 4.01. The highest BCUT2D eigenvalue weighted by atomic mass is 19.4. The predicted molar refractivity (Wildman–Crippen MR) is 100 cm³/mol. The molecule has 5 nitrogen and oxygen atoms in total. The summed E-state index contributed by atoms with van der Waals surface area (Å²) >= 11 is 0. The zero-order chi connectivity index (χ0) is 20.8. The SMILES string of the molecule is Cc1noc2c1-c1ccccc1C(c1ccc(C(F)(F)F)cc1)=N[C@H]2CC(N)=O. The van der Waals surface area contributed by atoms with Crippen LogP contribution in [-0.2, 0) is 11.0 Å². The van der Waals surface area contributed by atoms with E-state index in [9.17, 15) is 18.0 Å². The van der Waals surface area contributed by atoms with Gasteiger partial charge in [-0.05, 0) is 24.6 Å². The van der Waals surface area contributed by atoms with E-state index in [0.29, 0.717) is 28.3 Å². The minimum atomic E-state index is -4.43. The lowest BCUT2D eigenvalue weighted by molar-refractivity contribution is -0.137. The first-order valence-corrected chi connectivity index (χ1v) is 8.85. The highest BCUT2D eigenvalue weighted by Crippen LogP contribution is 2.40. The van der Waals surface area contributed by atoms with Gasteiger partial charge in [-0.15, -0.1) is 0 Å². The second kappa shape index (κ2) is 6.88. The third kappa shape index (κ3) is 3.41. The summed E-state index contributed by atoms with van der Waals surface area (Å²) < 4.78 is 44.3. The van der Waals surface area contributed by atoms with Gasteiger partial charge >= 0.3 is 6.18 Å². The fourth-order valence-electron chi connectivity index (χ4n) is 3.51. The summed E-state index contributed by atoms with van der Waals surface area (Å²) in [5.41, 5.74) is 8.46. The molecule has 29 heavy (non-hydrogen) atoms. The number of amides is 1. The minimum absolute atomic E-state index is 0.111. The number of hydrogen-bond acceptors (Lipinski definition) is 4. The van der Waals surface area contributed by atoms with E-state index in [1.54, 1.807) is 6.92 Å². The van der Waals surface area contributed by atoms with Gasteiger partial charge in [-0.25, -0.2) is 0 Å². The van der Waals surface area contributed by atoms with E-state index in [-0.39, 0.29) is 6.42 Å². The molecule has 2 aromatic carbocycles. The summed E-state index contributed by atoms with van der Waals surface area (Å²) in [4.78, 5) is 16.3. The molecular formula is C21H16F3N3O2. The van der Waals surface area contributed by atoms with Gasteiger partial charge in [-0.1, -0.05) is 41.6 Å². The van der Waals surface area contributed by atoms with E-state index in [4.69, 9.17) is 10.3 Å². The number of benzene rings is 2. The van der Waals surface area contributed by atoms with Gasteiger partial charge in [0.2, 0.25) is 5.91 Å². The van der Waals surface area contributed by atoms with Crippen LogP contribution in [0, 0.1) is 6.92 Å². The maximum absolute atomic E-state index is 13.0. The Morgan fingerprint density at radius 3 is 2.38 bits per heavy atom. The molecule has 0 radical (unpaired) electrons. The first kappa shape index (κ1) is 18.9. The van der Waals surface area contributed by atoms with E-state index in [1.807, 2.05) is 24.3 Å². The number of nitrogens with two attached hydrogens (primary N) is 1. The second-order valence-electron chi connectivity index (χ2n) is 6.79. The van der Waals surface area contributed by atoms with Crippen molar-refractivity contribution in [2.45, 2.75) is 25.6 Å². The Morgan fingerprint density at radius 1 is 1.10 bits per heavy atom. The molecule has 0 saturated heterocycles. The third-order valence-electron chi connectivity index (χ3n) is 4.81. The van der Waals surface area contributed by atoms with E-state index >= 15 is 0 Å². The number of aromatic nitrogens is 1. The Bertz CT molecular complexity index is 1110. The number of fused-ring (bicyclic) bond motifs is 3. The van der Waals surface area contributed by atoms with Crippen molar-refractivity contribution in [2.24, 2.45) is 10.7 Å². The molecule has 0 fully saturated rings. The number of nitrogens with zero attached hydrogens (tertiary/aromatic N) is 2. The molecule has 8 heteroatoms. The first-order valence-electron chi connectivity index (χ1n) is 8.85. The van der Waals surface area contributed by atoms with Gasteiger partial charge in [0.05, 0.1) is 29.0 Å². The first-order chi connectivity index (χ1) is 13.8. The van der Waals surface area contributed by atoms with Crippen LogP contribution in [0.5, 0.6) is 0 Å². The lowest BCUT2D eigenvalue weighted by Gasteiger charge is -2.13. The fourth-order valence-corrected chi connectivity index (χ4v) is 3.51. The summed E-state index contributed by atoms with van der Waals surface area (Å²) in [6.07, 6.45) is -4.54. The molecule has 2 N–H and O–H groups in total. The predicted octanol–water partition coefficient (Wildman–Crippen LogP) is 4.44. The number of aliphatic imine (C=N–C) groups is 1. The molecule has 148 valence electrons. The number of aryl methyl sites for hydroxylation is 1. The maximum atomic E-state index is 13.0. The monoisotopic (exact) mass is 399 g/mol. The van der Waals surface area contributed by atoms with E-state index in [0.717, 1.165) is 23.3 Å². The van der Waals surface area contributed by atoms with Gasteiger partial charge in [0.15, 0.2) is 5.76 Å². The lowest BCUT2D eigenvalue weighted by atomic mass is 9.92. The molecule has 0 bridgehead atoms. The fraction of sp³-hybridized carbons (Fsp3) is 0.190. The molecule has 1 aromatic heterocycles. The van der Waals surface area contributed by atoms with E-state index < -0.39 is 23.7 Å². The smallest absolute Gasteiger partial charge is 0.370 e. The van der Waals surface area contributed by atoms with Gasteiger partial charge in [0, 0.05) is 11.1 Å². The van der Waals surface area contributed by atoms with Crippen LogP contribution in [0.1, 0.15) is 40.6 Å². The molecule has 3 aromatic rings. The average Bonchev–Trinajstić information content (AvgIpc) is 2.99. The average molecular weight is 399 g/mol. The van der Waals surface area contributed by atoms with Crippen LogP contribution in [0.15, 0.2) is 58.0 Å². The summed E-state index contributed by atoms with van der Waals surface area (Å²) in [6, 6.07) is 11.4. The van der Waals surface area contributed by atoms with Gasteiger partial charge in [-0.3, -0.25) is 9.79 Å². The standard InChI is InChI=1S/C21H16F3N3O2/c1-11-18-14-4-2-3-5-15(14)19(12-6-8-13(9-7-12)21(22,23)24)26-16(10-17(25)28)20(18)29-27-11/h2-9,16H,10H2,1H3,(H2,25,28)/t16-/m0/s1. The molecule has 2 heterocycles. The molecule has 0 aliphatic carbocycles. The molecule has 1 amide bonds. The second-order valence-corrected chi connectivity index (χ2v) is 6.79. The van der Waals surface area contributed by atoms with Crippen LogP contribution < -0.4 is 5.73 Å². The van der Waals surface area contributed by atoms with Crippen LogP contribution in [0.3, 0.4) is 0 Å². The van der Waals surface area contributed by atoms with Crippen molar-refractivity contribution in [2.75, 3.05) is 0 Å². The van der Waals surface area contributed by atoms with Crippen LogP contribution in [-0.4, -0.2) is 16.8 Å². The van der Waals surface area contributed by atoms with Crippen LogP contribution in [0.25, 0.3) is 11.1 Å². The third-order valence-corrected chi connectivity index (χ3v) is 4.81. The van der Waals surface area contributed by atoms with Crippen molar-refractivity contribution in [3.63, 3.8) is 0 Å². The van der Waals surface area contributed by atoms with Crippen LogP contribution >= 0.6 is 0 Å². The van der Waals surface area contributed by atoms with Crippen LogP contribution in [0.2, 0.25) is 0 Å².